The van der Waals surface area contributed by atoms with Crippen LogP contribution in [0.1, 0.15) is 324 Å². The fraction of sp³-hybridized carbons (Fsp3) is 0.954. The molecule has 0 aromatic carbocycles. The summed E-state index contributed by atoms with van der Waals surface area (Å²) in [6.07, 6.45) is 51.0. The van der Waals surface area contributed by atoms with E-state index in [0.29, 0.717) is 56.3 Å². The van der Waals surface area contributed by atoms with Crippen molar-refractivity contribution in [2.45, 2.75) is 330 Å². The van der Waals surface area contributed by atoms with Crippen LogP contribution >= 0.6 is 0 Å². The first-order valence-electron chi connectivity index (χ1n) is 32.6. The minimum absolute atomic E-state index is 0.00601. The molecule has 0 fully saturated rings. The van der Waals surface area contributed by atoms with Gasteiger partial charge >= 0.3 is 11.9 Å². The molecular weight excluding hydrogens is 903 g/mol. The van der Waals surface area contributed by atoms with Crippen molar-refractivity contribution in [1.82, 2.24) is 14.7 Å². The van der Waals surface area contributed by atoms with E-state index < -0.39 is 0 Å². The van der Waals surface area contributed by atoms with Gasteiger partial charge in [-0.15, -0.1) is 0 Å². The third-order valence-corrected chi connectivity index (χ3v) is 15.7. The van der Waals surface area contributed by atoms with Gasteiger partial charge < -0.3 is 24.2 Å². The van der Waals surface area contributed by atoms with Crippen LogP contribution in [0.25, 0.3) is 0 Å². The summed E-state index contributed by atoms with van der Waals surface area (Å²) in [6, 6.07) is 0.554. The zero-order valence-corrected chi connectivity index (χ0v) is 50.7. The summed E-state index contributed by atoms with van der Waals surface area (Å²) in [5.74, 6) is 1.44. The molecule has 0 aliphatic heterocycles. The number of hydrogen-bond acceptors (Lipinski definition) is 7. The molecule has 434 valence electrons. The molecule has 8 heteroatoms. The average molecular weight is 1030 g/mol. The van der Waals surface area contributed by atoms with Crippen molar-refractivity contribution in [3.8, 4) is 0 Å². The van der Waals surface area contributed by atoms with Gasteiger partial charge in [-0.1, -0.05) is 221 Å². The average Bonchev–Trinajstić information content (AvgIpc) is 3.38. The molecule has 0 N–H and O–H groups in total. The monoisotopic (exact) mass is 1030 g/mol. The summed E-state index contributed by atoms with van der Waals surface area (Å²) in [5, 5.41) is 0. The Kier molecular flexibility index (Phi) is 53.8. The van der Waals surface area contributed by atoms with Crippen molar-refractivity contribution >= 4 is 17.8 Å². The van der Waals surface area contributed by atoms with E-state index in [2.05, 4.69) is 70.3 Å². The van der Waals surface area contributed by atoms with Gasteiger partial charge in [0, 0.05) is 38.4 Å². The molecule has 0 aromatic rings. The minimum atomic E-state index is 0.00601. The highest BCUT2D eigenvalue weighted by atomic mass is 16.5. The van der Waals surface area contributed by atoms with Crippen molar-refractivity contribution < 1.29 is 23.9 Å². The van der Waals surface area contributed by atoms with Gasteiger partial charge in [-0.2, -0.15) is 0 Å². The molecular formula is C65H129N3O5. The third kappa shape index (κ3) is 47.3. The quantitative estimate of drug-likeness (QED) is 0.0443. The fourth-order valence-electron chi connectivity index (χ4n) is 10.7. The summed E-state index contributed by atoms with van der Waals surface area (Å²) in [4.78, 5) is 46.6. The number of ether oxygens (including phenoxy) is 2. The number of nitrogens with zero attached hydrogens (tertiary/aromatic N) is 3. The zero-order valence-electron chi connectivity index (χ0n) is 50.7. The van der Waals surface area contributed by atoms with Crippen LogP contribution in [0.4, 0.5) is 0 Å². The molecule has 0 aliphatic rings. The normalized spacial score (nSPS) is 13.0. The first kappa shape index (κ1) is 71.3. The molecule has 1 amide bonds. The molecule has 0 aromatic heterocycles. The number of hydrogen-bond donors (Lipinski definition) is 0. The number of carbonyl (C=O) groups excluding carboxylic acids is 3. The lowest BCUT2D eigenvalue weighted by atomic mass is 9.96. The molecule has 0 radical (unpaired) electrons. The van der Waals surface area contributed by atoms with Crippen molar-refractivity contribution in [3.05, 3.63) is 0 Å². The lowest BCUT2D eigenvalue weighted by molar-refractivity contribution is -0.146. The van der Waals surface area contributed by atoms with Crippen molar-refractivity contribution in [1.29, 1.82) is 0 Å². The molecule has 0 aliphatic carbocycles. The van der Waals surface area contributed by atoms with Crippen molar-refractivity contribution in [2.24, 2.45) is 11.8 Å². The van der Waals surface area contributed by atoms with Crippen LogP contribution in [0, 0.1) is 11.8 Å². The number of esters is 2. The van der Waals surface area contributed by atoms with Gasteiger partial charge in [0.1, 0.15) is 0 Å². The number of unbranched alkanes of at least 4 members (excludes halogenated alkanes) is 25. The Hall–Kier alpha value is -1.67. The SMILES string of the molecule is CCCCCCC(CCCC)COC(=O)CCCCCCCCC(CCCCCCCCC(=O)OCC(CCCC)CCCCCC)N(CCCCN(C)C)CCCC(=O)N(CCCCCC)CCCCCC. The first-order valence-corrected chi connectivity index (χ1v) is 32.6. The Morgan fingerprint density at radius 2 is 0.658 bits per heavy atom. The maximum Gasteiger partial charge on any atom is 0.305 e. The maximum atomic E-state index is 13.8. The molecule has 0 spiro atoms. The van der Waals surface area contributed by atoms with E-state index >= 15 is 0 Å². The van der Waals surface area contributed by atoms with E-state index in [1.165, 1.54) is 218 Å². The fourth-order valence-corrected chi connectivity index (χ4v) is 10.7. The van der Waals surface area contributed by atoms with Crippen molar-refractivity contribution in [3.63, 3.8) is 0 Å². The lowest BCUT2D eigenvalue weighted by Crippen LogP contribution is -2.38. The highest BCUT2D eigenvalue weighted by molar-refractivity contribution is 5.76. The number of carbonyl (C=O) groups is 3. The largest absolute Gasteiger partial charge is 0.465 e. The molecule has 73 heavy (non-hydrogen) atoms. The Morgan fingerprint density at radius 1 is 0.329 bits per heavy atom. The lowest BCUT2D eigenvalue weighted by Gasteiger charge is -2.33. The van der Waals surface area contributed by atoms with Gasteiger partial charge in [0.2, 0.25) is 5.91 Å². The Morgan fingerprint density at radius 3 is 1.08 bits per heavy atom. The molecule has 2 atom stereocenters. The first-order chi connectivity index (χ1) is 35.6. The van der Waals surface area contributed by atoms with Crippen molar-refractivity contribution in [2.75, 3.05) is 60.0 Å². The van der Waals surface area contributed by atoms with Crippen LogP contribution in [0.3, 0.4) is 0 Å². The third-order valence-electron chi connectivity index (χ3n) is 15.7. The van der Waals surface area contributed by atoms with E-state index in [-0.39, 0.29) is 11.9 Å². The summed E-state index contributed by atoms with van der Waals surface area (Å²) in [5.41, 5.74) is 0. The molecule has 0 saturated heterocycles. The Labute approximate surface area is 456 Å². The standard InChI is InChI=1S/C65H129N3O5/c1-9-15-21-33-46-60(44-19-13-5)58-72-64(70)51-37-31-27-25-29-35-48-62(49-36-30-26-28-32-38-52-65(71)73-59-61(45-20-14-6)47-34-22-16-10-2)67(54-42-41-53-66(7)8)57-43-50-63(69)68(55-39-23-17-11-3)56-40-24-18-12-4/h60-62H,9-59H2,1-8H3. The number of rotatable bonds is 58. The maximum absolute atomic E-state index is 13.8. The van der Waals surface area contributed by atoms with Gasteiger partial charge in [0.15, 0.2) is 0 Å². The topological polar surface area (TPSA) is 79.4 Å². The predicted octanol–water partition coefficient (Wildman–Crippen LogP) is 18.6. The van der Waals surface area contributed by atoms with Gasteiger partial charge in [0.05, 0.1) is 13.2 Å². The summed E-state index contributed by atoms with van der Waals surface area (Å²) in [7, 11) is 4.36. The smallest absolute Gasteiger partial charge is 0.305 e. The van der Waals surface area contributed by atoms with E-state index in [4.69, 9.17) is 9.47 Å². The van der Waals surface area contributed by atoms with E-state index in [0.717, 1.165) is 77.7 Å². The van der Waals surface area contributed by atoms with Crippen LogP contribution in [0.5, 0.6) is 0 Å². The molecule has 2 unspecified atom stereocenters. The Balaban J connectivity index is 5.41. The van der Waals surface area contributed by atoms with E-state index in [1.54, 1.807) is 0 Å². The second-order valence-electron chi connectivity index (χ2n) is 23.2. The summed E-state index contributed by atoms with van der Waals surface area (Å²) < 4.78 is 11.7. The molecule has 8 nitrogen and oxygen atoms in total. The molecule has 0 heterocycles. The molecule has 0 saturated carbocycles. The van der Waals surface area contributed by atoms with Crippen LogP contribution in [0.2, 0.25) is 0 Å². The van der Waals surface area contributed by atoms with Crippen LogP contribution < -0.4 is 0 Å². The number of amides is 1. The summed E-state index contributed by atoms with van der Waals surface area (Å²) in [6.45, 7) is 19.9. The highest BCUT2D eigenvalue weighted by Gasteiger charge is 2.20. The highest BCUT2D eigenvalue weighted by Crippen LogP contribution is 2.23. The Bertz CT molecular complexity index is 1110. The van der Waals surface area contributed by atoms with Gasteiger partial charge in [-0.3, -0.25) is 14.4 Å². The van der Waals surface area contributed by atoms with Gasteiger partial charge in [0.25, 0.3) is 0 Å². The van der Waals surface area contributed by atoms with Gasteiger partial charge in [-0.25, -0.2) is 0 Å². The van der Waals surface area contributed by atoms with Crippen LogP contribution in [-0.2, 0) is 23.9 Å². The second kappa shape index (κ2) is 55.1. The van der Waals surface area contributed by atoms with E-state index in [1.807, 2.05) is 0 Å². The second-order valence-corrected chi connectivity index (χ2v) is 23.2. The summed E-state index contributed by atoms with van der Waals surface area (Å²) >= 11 is 0. The van der Waals surface area contributed by atoms with Gasteiger partial charge in [-0.05, 0) is 129 Å². The minimum Gasteiger partial charge on any atom is -0.465 e. The van der Waals surface area contributed by atoms with Crippen LogP contribution in [-0.4, -0.2) is 98.6 Å². The predicted molar refractivity (Wildman–Crippen MR) is 317 cm³/mol. The zero-order chi connectivity index (χ0) is 53.7. The van der Waals surface area contributed by atoms with E-state index in [9.17, 15) is 14.4 Å². The molecule has 0 rings (SSSR count). The molecule has 0 bridgehead atoms. The van der Waals surface area contributed by atoms with Crippen LogP contribution in [0.15, 0.2) is 0 Å².